The van der Waals surface area contributed by atoms with E-state index in [2.05, 4.69) is 6.58 Å². The van der Waals surface area contributed by atoms with E-state index in [-0.39, 0.29) is 35.3 Å². The first-order valence-corrected chi connectivity index (χ1v) is 8.44. The number of nitrogens with zero attached hydrogens (tertiary/aromatic N) is 2. The Bertz CT molecular complexity index is 967. The number of nitrogens with two attached hydrogens (primary N) is 1. The molecule has 1 amide bonds. The number of para-hydroxylation sites is 1. The number of carbonyl (C=O) groups excluding carboxylic acids is 2. The lowest BCUT2D eigenvalue weighted by Gasteiger charge is -2.37. The summed E-state index contributed by atoms with van der Waals surface area (Å²) in [6.45, 7) is 3.99. The molecule has 130 valence electrons. The van der Waals surface area contributed by atoms with Gasteiger partial charge in [-0.15, -0.1) is 6.58 Å². The fourth-order valence-corrected chi connectivity index (χ4v) is 4.21. The molecule has 1 atom stereocenters. The quantitative estimate of drug-likeness (QED) is 0.827. The summed E-state index contributed by atoms with van der Waals surface area (Å²) < 4.78 is 5.61. The average molecular weight is 347 g/mol. The molecule has 2 heterocycles. The van der Waals surface area contributed by atoms with E-state index < -0.39 is 5.41 Å². The molecule has 6 nitrogen and oxygen atoms in total. The molecular weight excluding hydrogens is 330 g/mol. The van der Waals surface area contributed by atoms with Gasteiger partial charge in [-0.2, -0.15) is 5.26 Å². The Hall–Kier alpha value is -3.33. The zero-order chi connectivity index (χ0) is 18.5. The van der Waals surface area contributed by atoms with Gasteiger partial charge in [-0.1, -0.05) is 24.3 Å². The van der Waals surface area contributed by atoms with E-state index in [4.69, 9.17) is 10.5 Å². The van der Waals surface area contributed by atoms with E-state index in [0.29, 0.717) is 36.3 Å². The van der Waals surface area contributed by atoms with Crippen LogP contribution in [-0.4, -0.2) is 18.2 Å². The highest BCUT2D eigenvalue weighted by molar-refractivity contribution is 6.20. The summed E-state index contributed by atoms with van der Waals surface area (Å²) in [6, 6.07) is 9.23. The maximum absolute atomic E-state index is 13.6. The van der Waals surface area contributed by atoms with Crippen LogP contribution in [0, 0.1) is 11.3 Å². The summed E-state index contributed by atoms with van der Waals surface area (Å²) in [5.74, 6) is -0.231. The zero-order valence-corrected chi connectivity index (χ0v) is 14.1. The van der Waals surface area contributed by atoms with Gasteiger partial charge in [0.05, 0.1) is 5.57 Å². The first kappa shape index (κ1) is 16.2. The monoisotopic (exact) mass is 347 g/mol. The van der Waals surface area contributed by atoms with Crippen LogP contribution >= 0.6 is 0 Å². The predicted molar refractivity (Wildman–Crippen MR) is 94.5 cm³/mol. The first-order chi connectivity index (χ1) is 12.6. The molecule has 3 aliphatic rings. The van der Waals surface area contributed by atoms with Gasteiger partial charge in [0, 0.05) is 30.6 Å². The van der Waals surface area contributed by atoms with Crippen molar-refractivity contribution < 1.29 is 14.3 Å². The number of anilines is 1. The number of ether oxygens (including phenoxy) is 1. The number of allylic oxidation sites excluding steroid dienone is 1. The molecule has 1 aromatic rings. The van der Waals surface area contributed by atoms with Gasteiger partial charge in [-0.3, -0.25) is 9.59 Å². The smallest absolute Gasteiger partial charge is 0.248 e. The molecule has 6 heteroatoms. The second kappa shape index (κ2) is 5.60. The van der Waals surface area contributed by atoms with Gasteiger partial charge in [0.2, 0.25) is 11.8 Å². The van der Waals surface area contributed by atoms with Crippen LogP contribution in [0.25, 0.3) is 0 Å². The van der Waals surface area contributed by atoms with Crippen LogP contribution in [0.3, 0.4) is 0 Å². The van der Waals surface area contributed by atoms with Crippen molar-refractivity contribution in [3.05, 3.63) is 65.3 Å². The minimum atomic E-state index is -1.52. The van der Waals surface area contributed by atoms with Gasteiger partial charge < -0.3 is 15.4 Å². The highest BCUT2D eigenvalue weighted by Crippen LogP contribution is 2.55. The Morgan fingerprint density at radius 3 is 2.85 bits per heavy atom. The Morgan fingerprint density at radius 2 is 2.12 bits per heavy atom. The van der Waals surface area contributed by atoms with Crippen LogP contribution in [0.1, 0.15) is 24.8 Å². The topological polar surface area (TPSA) is 96.4 Å². The molecule has 0 fully saturated rings. The maximum Gasteiger partial charge on any atom is 0.248 e. The van der Waals surface area contributed by atoms with Gasteiger partial charge in [0.15, 0.2) is 5.78 Å². The average Bonchev–Trinajstić information content (AvgIpc) is 2.86. The normalized spacial score (nSPS) is 24.3. The van der Waals surface area contributed by atoms with E-state index in [1.807, 2.05) is 12.1 Å². The molecular formula is C20H17N3O3. The highest BCUT2D eigenvalue weighted by Gasteiger charge is 2.61. The van der Waals surface area contributed by atoms with Crippen molar-refractivity contribution in [1.29, 1.82) is 5.26 Å². The third kappa shape index (κ3) is 1.80. The third-order valence-corrected chi connectivity index (χ3v) is 5.18. The molecule has 2 aliphatic heterocycles. The Labute approximate surface area is 150 Å². The number of amides is 1. The fourth-order valence-electron chi connectivity index (χ4n) is 4.21. The molecule has 1 spiro atoms. The van der Waals surface area contributed by atoms with Crippen molar-refractivity contribution in [3.8, 4) is 6.07 Å². The summed E-state index contributed by atoms with van der Waals surface area (Å²) in [7, 11) is 0. The lowest BCUT2D eigenvalue weighted by molar-refractivity contribution is -0.124. The summed E-state index contributed by atoms with van der Waals surface area (Å²) in [5, 5.41) is 9.83. The molecule has 0 bridgehead atoms. The van der Waals surface area contributed by atoms with E-state index in [1.165, 1.54) is 0 Å². The van der Waals surface area contributed by atoms with Crippen LogP contribution in [0.2, 0.25) is 0 Å². The largest absolute Gasteiger partial charge is 0.444 e. The fraction of sp³-hybridized carbons (Fsp3) is 0.250. The minimum absolute atomic E-state index is 0.0180. The number of benzene rings is 1. The molecule has 0 unspecified atom stereocenters. The molecule has 0 radical (unpaired) electrons. The molecule has 0 saturated heterocycles. The summed E-state index contributed by atoms with van der Waals surface area (Å²) in [5.41, 5.74) is 6.01. The van der Waals surface area contributed by atoms with Crippen LogP contribution in [0.15, 0.2) is 59.7 Å². The Balaban J connectivity index is 2.11. The van der Waals surface area contributed by atoms with Crippen molar-refractivity contribution in [2.24, 2.45) is 5.73 Å². The van der Waals surface area contributed by atoms with Crippen molar-refractivity contribution in [3.63, 3.8) is 0 Å². The first-order valence-electron chi connectivity index (χ1n) is 8.44. The van der Waals surface area contributed by atoms with E-state index in [0.717, 1.165) is 0 Å². The number of hydrogen-bond donors (Lipinski definition) is 1. The standard InChI is InChI=1S/C20H17N3O3/c1-2-10-23-14-7-4-3-6-12(14)20(19(23)25)13(11-21)18(22)26-16-9-5-8-15(24)17(16)20/h2-4,6-7H,1,5,8-10,22H2/t20-/m0/s1. The van der Waals surface area contributed by atoms with Gasteiger partial charge in [-0.05, 0) is 12.5 Å². The predicted octanol–water partition coefficient (Wildman–Crippen LogP) is 2.19. The second-order valence-corrected chi connectivity index (χ2v) is 6.50. The molecule has 2 N–H and O–H groups in total. The minimum Gasteiger partial charge on any atom is -0.444 e. The lowest BCUT2D eigenvalue weighted by Crippen LogP contribution is -2.49. The number of nitriles is 1. The Morgan fingerprint density at radius 1 is 1.35 bits per heavy atom. The molecule has 1 aliphatic carbocycles. The summed E-state index contributed by atoms with van der Waals surface area (Å²) >= 11 is 0. The third-order valence-electron chi connectivity index (χ3n) is 5.18. The van der Waals surface area contributed by atoms with Crippen LogP contribution in [0.5, 0.6) is 0 Å². The van der Waals surface area contributed by atoms with Gasteiger partial charge in [0.25, 0.3) is 0 Å². The summed E-state index contributed by atoms with van der Waals surface area (Å²) in [4.78, 5) is 28.1. The molecule has 26 heavy (non-hydrogen) atoms. The zero-order valence-electron chi connectivity index (χ0n) is 14.1. The number of Topliss-reactive ketones (excluding diaryl/α,β-unsaturated/α-hetero) is 1. The molecule has 1 aromatic carbocycles. The number of fused-ring (bicyclic) bond motifs is 3. The van der Waals surface area contributed by atoms with Crippen molar-refractivity contribution >= 4 is 17.4 Å². The maximum atomic E-state index is 13.6. The number of hydrogen-bond acceptors (Lipinski definition) is 5. The van der Waals surface area contributed by atoms with Gasteiger partial charge in [0.1, 0.15) is 22.8 Å². The van der Waals surface area contributed by atoms with Crippen LogP contribution in [0.4, 0.5) is 5.69 Å². The number of ketones is 1. The SMILES string of the molecule is C=CCN1C(=O)[C@]2(C(C#N)=C(N)OC3=C2C(=O)CCC3)c2ccccc21. The Kier molecular flexibility index (Phi) is 3.48. The van der Waals surface area contributed by atoms with E-state index in [1.54, 1.807) is 29.2 Å². The molecule has 4 rings (SSSR count). The van der Waals surface area contributed by atoms with Crippen LogP contribution in [-0.2, 0) is 19.7 Å². The van der Waals surface area contributed by atoms with Crippen molar-refractivity contribution in [1.82, 2.24) is 0 Å². The van der Waals surface area contributed by atoms with E-state index in [9.17, 15) is 14.9 Å². The number of rotatable bonds is 2. The second-order valence-electron chi connectivity index (χ2n) is 6.50. The molecule has 0 saturated carbocycles. The van der Waals surface area contributed by atoms with Crippen molar-refractivity contribution in [2.45, 2.75) is 24.7 Å². The number of carbonyl (C=O) groups is 2. The van der Waals surface area contributed by atoms with Gasteiger partial charge in [-0.25, -0.2) is 0 Å². The highest BCUT2D eigenvalue weighted by atomic mass is 16.5. The van der Waals surface area contributed by atoms with Crippen LogP contribution < -0.4 is 10.6 Å². The van der Waals surface area contributed by atoms with E-state index >= 15 is 0 Å². The lowest BCUT2D eigenvalue weighted by atomic mass is 9.65. The van der Waals surface area contributed by atoms with Gasteiger partial charge >= 0.3 is 0 Å². The molecule has 0 aromatic heterocycles. The van der Waals surface area contributed by atoms with Crippen molar-refractivity contribution in [2.75, 3.05) is 11.4 Å². The summed E-state index contributed by atoms with van der Waals surface area (Å²) in [6.07, 6.45) is 3.08.